The molecular weight excluding hydrogens is 262 g/mol. The van der Waals surface area contributed by atoms with Crippen molar-refractivity contribution in [2.75, 3.05) is 0 Å². The van der Waals surface area contributed by atoms with Gasteiger partial charge in [0.25, 0.3) is 0 Å². The first kappa shape index (κ1) is 16.5. The van der Waals surface area contributed by atoms with Crippen LogP contribution >= 0.6 is 0 Å². The van der Waals surface area contributed by atoms with Gasteiger partial charge in [0.15, 0.2) is 0 Å². The van der Waals surface area contributed by atoms with E-state index in [2.05, 4.69) is 26.1 Å². The minimum absolute atomic E-state index is 0.0411. The van der Waals surface area contributed by atoms with E-state index >= 15 is 0 Å². The Labute approximate surface area is 128 Å². The molecule has 1 aliphatic heterocycles. The zero-order valence-corrected chi connectivity index (χ0v) is 13.7. The summed E-state index contributed by atoms with van der Waals surface area (Å²) in [6, 6.07) is 5.88. The Hall–Kier alpha value is -0.900. The van der Waals surface area contributed by atoms with Gasteiger partial charge in [0.05, 0.1) is 12.7 Å². The van der Waals surface area contributed by atoms with Crippen molar-refractivity contribution >= 4 is 0 Å². The summed E-state index contributed by atoms with van der Waals surface area (Å²) in [6.07, 6.45) is 3.96. The van der Waals surface area contributed by atoms with E-state index in [0.29, 0.717) is 0 Å². The van der Waals surface area contributed by atoms with Crippen LogP contribution in [0.3, 0.4) is 0 Å². The fourth-order valence-corrected chi connectivity index (χ4v) is 3.73. The van der Waals surface area contributed by atoms with Crippen LogP contribution in [0.2, 0.25) is 0 Å². The number of hydrogen-bond donors (Lipinski definition) is 3. The van der Waals surface area contributed by atoms with Crippen LogP contribution in [0.1, 0.15) is 69.8 Å². The Bertz CT molecular complexity index is 496. The molecule has 1 saturated heterocycles. The Balaban J connectivity index is 2.28. The molecule has 0 amide bonds. The molecule has 2 rings (SSSR count). The van der Waals surface area contributed by atoms with Gasteiger partial charge in [-0.1, -0.05) is 18.2 Å². The lowest BCUT2D eigenvalue weighted by Crippen LogP contribution is -2.58. The second kappa shape index (κ2) is 6.07. The zero-order valence-electron chi connectivity index (χ0n) is 13.7. The molecule has 1 aromatic carbocycles. The van der Waals surface area contributed by atoms with E-state index < -0.39 is 6.10 Å². The Morgan fingerprint density at radius 1 is 1.24 bits per heavy atom. The van der Waals surface area contributed by atoms with Gasteiger partial charge in [-0.15, -0.1) is 0 Å². The second-order valence-corrected chi connectivity index (χ2v) is 7.47. The van der Waals surface area contributed by atoms with Gasteiger partial charge in [0.1, 0.15) is 0 Å². The molecule has 1 fully saturated rings. The summed E-state index contributed by atoms with van der Waals surface area (Å²) in [6.45, 7) is 8.63. The fraction of sp³-hybridized carbons (Fsp3) is 0.667. The highest BCUT2D eigenvalue weighted by Gasteiger charge is 2.36. The number of hydrogen-bond acceptors (Lipinski definition) is 3. The van der Waals surface area contributed by atoms with Crippen molar-refractivity contribution in [3.05, 3.63) is 34.9 Å². The van der Waals surface area contributed by atoms with Gasteiger partial charge < -0.3 is 15.5 Å². The number of aliphatic hydroxyl groups excluding tert-OH is 2. The third-order valence-corrected chi connectivity index (χ3v) is 4.59. The number of piperidine rings is 1. The monoisotopic (exact) mass is 291 g/mol. The lowest BCUT2D eigenvalue weighted by Gasteiger charge is -2.45. The quantitative estimate of drug-likeness (QED) is 0.799. The fourth-order valence-electron chi connectivity index (χ4n) is 3.73. The van der Waals surface area contributed by atoms with Crippen molar-refractivity contribution in [3.63, 3.8) is 0 Å². The molecule has 0 aromatic heterocycles. The van der Waals surface area contributed by atoms with E-state index in [4.69, 9.17) is 0 Å². The van der Waals surface area contributed by atoms with Crippen LogP contribution in [0.15, 0.2) is 18.2 Å². The van der Waals surface area contributed by atoms with Gasteiger partial charge in [-0.3, -0.25) is 0 Å². The van der Waals surface area contributed by atoms with Crippen LogP contribution < -0.4 is 5.32 Å². The molecule has 0 aliphatic carbocycles. The van der Waals surface area contributed by atoms with Crippen LogP contribution in [0.25, 0.3) is 0 Å². The second-order valence-electron chi connectivity index (χ2n) is 7.47. The standard InChI is InChI=1S/C18H29NO2/c1-13(21)16-7-6-14(12-20)10-15(16)11-18(4)9-5-8-17(2,3)19-18/h6-7,10,13,19-21H,5,8-9,11-12H2,1-4H3. The largest absolute Gasteiger partial charge is 0.392 e. The summed E-state index contributed by atoms with van der Waals surface area (Å²) >= 11 is 0. The maximum Gasteiger partial charge on any atom is 0.0764 e. The summed E-state index contributed by atoms with van der Waals surface area (Å²) in [5, 5.41) is 23.1. The highest BCUT2D eigenvalue weighted by Crippen LogP contribution is 2.33. The Morgan fingerprint density at radius 3 is 2.52 bits per heavy atom. The minimum atomic E-state index is -0.479. The van der Waals surface area contributed by atoms with Crippen molar-refractivity contribution in [3.8, 4) is 0 Å². The van der Waals surface area contributed by atoms with E-state index in [9.17, 15) is 10.2 Å². The minimum Gasteiger partial charge on any atom is -0.392 e. The van der Waals surface area contributed by atoms with E-state index in [0.717, 1.165) is 29.5 Å². The van der Waals surface area contributed by atoms with Crippen molar-refractivity contribution in [2.24, 2.45) is 0 Å². The van der Waals surface area contributed by atoms with Gasteiger partial charge >= 0.3 is 0 Å². The van der Waals surface area contributed by atoms with Gasteiger partial charge in [0.2, 0.25) is 0 Å². The molecule has 1 aromatic rings. The van der Waals surface area contributed by atoms with Gasteiger partial charge in [-0.2, -0.15) is 0 Å². The van der Waals surface area contributed by atoms with E-state index in [1.807, 2.05) is 18.2 Å². The van der Waals surface area contributed by atoms with Crippen LogP contribution in [-0.2, 0) is 13.0 Å². The predicted octanol–water partition coefficient (Wildman–Crippen LogP) is 3.09. The number of rotatable bonds is 4. The molecule has 3 N–H and O–H groups in total. The molecule has 21 heavy (non-hydrogen) atoms. The highest BCUT2D eigenvalue weighted by molar-refractivity contribution is 5.35. The third-order valence-electron chi connectivity index (χ3n) is 4.59. The zero-order chi connectivity index (χ0) is 15.7. The smallest absolute Gasteiger partial charge is 0.0764 e. The van der Waals surface area contributed by atoms with E-state index in [1.165, 1.54) is 12.8 Å². The molecule has 2 atom stereocenters. The molecule has 0 radical (unpaired) electrons. The van der Waals surface area contributed by atoms with Crippen LogP contribution in [0.5, 0.6) is 0 Å². The van der Waals surface area contributed by atoms with Crippen LogP contribution in [0, 0.1) is 0 Å². The third kappa shape index (κ3) is 4.06. The highest BCUT2D eigenvalue weighted by atomic mass is 16.3. The van der Waals surface area contributed by atoms with Crippen molar-refractivity contribution in [1.82, 2.24) is 5.32 Å². The summed E-state index contributed by atoms with van der Waals surface area (Å²) in [5.74, 6) is 0. The van der Waals surface area contributed by atoms with Gasteiger partial charge in [-0.25, -0.2) is 0 Å². The lowest BCUT2D eigenvalue weighted by atomic mass is 9.77. The molecular formula is C18H29NO2. The number of benzene rings is 1. The summed E-state index contributed by atoms with van der Waals surface area (Å²) in [4.78, 5) is 0. The van der Waals surface area contributed by atoms with E-state index in [1.54, 1.807) is 6.92 Å². The average Bonchev–Trinajstić information content (AvgIpc) is 2.36. The van der Waals surface area contributed by atoms with Crippen molar-refractivity contribution < 1.29 is 10.2 Å². The molecule has 0 spiro atoms. The van der Waals surface area contributed by atoms with E-state index in [-0.39, 0.29) is 17.7 Å². The summed E-state index contributed by atoms with van der Waals surface area (Å²) in [5.41, 5.74) is 3.22. The SMILES string of the molecule is CC(O)c1ccc(CO)cc1CC1(C)CCCC(C)(C)N1. The van der Waals surface area contributed by atoms with Crippen LogP contribution in [-0.4, -0.2) is 21.3 Å². The van der Waals surface area contributed by atoms with Crippen molar-refractivity contribution in [2.45, 2.75) is 77.2 Å². The summed E-state index contributed by atoms with van der Waals surface area (Å²) < 4.78 is 0. The molecule has 2 unspecified atom stereocenters. The lowest BCUT2D eigenvalue weighted by molar-refractivity contribution is 0.164. The Morgan fingerprint density at radius 2 is 1.95 bits per heavy atom. The average molecular weight is 291 g/mol. The molecule has 118 valence electrons. The van der Waals surface area contributed by atoms with Crippen molar-refractivity contribution in [1.29, 1.82) is 0 Å². The van der Waals surface area contributed by atoms with Gasteiger partial charge in [-0.05, 0) is 70.1 Å². The summed E-state index contributed by atoms with van der Waals surface area (Å²) in [7, 11) is 0. The normalized spacial score (nSPS) is 26.6. The maximum absolute atomic E-state index is 10.0. The van der Waals surface area contributed by atoms with Gasteiger partial charge in [0, 0.05) is 11.1 Å². The first-order valence-electron chi connectivity index (χ1n) is 7.95. The first-order chi connectivity index (χ1) is 9.75. The number of aliphatic hydroxyl groups is 2. The maximum atomic E-state index is 10.0. The molecule has 1 heterocycles. The Kier molecular flexibility index (Phi) is 4.76. The first-order valence-corrected chi connectivity index (χ1v) is 7.95. The molecule has 0 bridgehead atoms. The topological polar surface area (TPSA) is 52.5 Å². The molecule has 3 nitrogen and oxygen atoms in total. The molecule has 0 saturated carbocycles. The molecule has 1 aliphatic rings. The molecule has 3 heteroatoms. The predicted molar refractivity (Wildman–Crippen MR) is 86.2 cm³/mol. The van der Waals surface area contributed by atoms with Crippen LogP contribution in [0.4, 0.5) is 0 Å². The number of nitrogens with one attached hydrogen (secondary N) is 1.